The van der Waals surface area contributed by atoms with Gasteiger partial charge in [-0.1, -0.05) is 108 Å². The third-order valence-electron chi connectivity index (χ3n) is 15.7. The maximum Gasteiger partial charge on any atom is 0.221 e. The zero-order valence-electron chi connectivity index (χ0n) is 40.5. The fourth-order valence-electron chi connectivity index (χ4n) is 11.3. The van der Waals surface area contributed by atoms with Crippen LogP contribution in [-0.4, -0.2) is 40.1 Å². The first-order valence-electron chi connectivity index (χ1n) is 24.9. The van der Waals surface area contributed by atoms with Crippen molar-refractivity contribution in [1.82, 2.24) is 0 Å². The summed E-state index contributed by atoms with van der Waals surface area (Å²) in [4.78, 5) is 0. The smallest absolute Gasteiger partial charge is 0.221 e. The first-order chi connectivity index (χ1) is 30.7. The summed E-state index contributed by atoms with van der Waals surface area (Å²) >= 11 is 16.6. The molecule has 9 rings (SSSR count). The van der Waals surface area contributed by atoms with E-state index in [4.69, 9.17) is 36.8 Å². The van der Waals surface area contributed by atoms with Crippen LogP contribution in [0.5, 0.6) is 0 Å². The Labute approximate surface area is 412 Å². The Balaban J connectivity index is 0.000000210. The van der Waals surface area contributed by atoms with Gasteiger partial charge in [0.1, 0.15) is 6.10 Å². The van der Waals surface area contributed by atoms with Crippen molar-refractivity contribution in [3.63, 3.8) is 0 Å². The number of hydrogen-bond donors (Lipinski definition) is 1. The highest BCUT2D eigenvalue weighted by molar-refractivity contribution is 9.10. The van der Waals surface area contributed by atoms with E-state index in [-0.39, 0.29) is 18.1 Å². The molecule has 65 heavy (non-hydrogen) atoms. The molecule has 1 heterocycles. The van der Waals surface area contributed by atoms with Crippen molar-refractivity contribution >= 4 is 55.8 Å². The number of rotatable bonds is 12. The van der Waals surface area contributed by atoms with E-state index in [1.165, 1.54) is 105 Å². The minimum Gasteiger partial charge on any atom is -0.412 e. The van der Waals surface area contributed by atoms with Crippen molar-refractivity contribution in [1.29, 1.82) is 0 Å². The lowest BCUT2D eigenvalue weighted by Gasteiger charge is -2.53. The molecule has 0 bridgehead atoms. The van der Waals surface area contributed by atoms with Crippen LogP contribution < -0.4 is 0 Å². The number of benzene rings is 4. The molecule has 4 aromatic carbocycles. The van der Waals surface area contributed by atoms with Gasteiger partial charge in [-0.15, -0.1) is 0 Å². The lowest BCUT2D eigenvalue weighted by Crippen LogP contribution is -2.64. The van der Waals surface area contributed by atoms with Crippen molar-refractivity contribution in [2.75, 3.05) is 0 Å². The van der Waals surface area contributed by atoms with E-state index < -0.39 is 28.5 Å². The summed E-state index contributed by atoms with van der Waals surface area (Å²) in [6.07, 6.45) is 18.3. The molecule has 5 atom stereocenters. The van der Waals surface area contributed by atoms with E-state index in [0.717, 1.165) is 44.6 Å². The minimum absolute atomic E-state index is 0.0904. The van der Waals surface area contributed by atoms with Gasteiger partial charge in [0.25, 0.3) is 0 Å². The van der Waals surface area contributed by atoms with Crippen molar-refractivity contribution in [3.8, 4) is 0 Å². The summed E-state index contributed by atoms with van der Waals surface area (Å²) in [7, 11) is -4.04. The van der Waals surface area contributed by atoms with Crippen LogP contribution in [0, 0.1) is 16.7 Å². The van der Waals surface area contributed by atoms with Crippen LogP contribution in [0.1, 0.15) is 148 Å². The molecule has 1 N–H and O–H groups in total. The summed E-state index contributed by atoms with van der Waals surface area (Å²) < 4.78 is 21.3. The van der Waals surface area contributed by atoms with Crippen molar-refractivity contribution < 1.29 is 18.7 Å². The van der Waals surface area contributed by atoms with Gasteiger partial charge in [0, 0.05) is 26.0 Å². The summed E-state index contributed by atoms with van der Waals surface area (Å²) in [5.74, 6) is -0.0725. The molecule has 4 saturated carbocycles. The highest BCUT2D eigenvalue weighted by Gasteiger charge is 2.56. The zero-order valence-corrected chi connectivity index (χ0v) is 45.6. The molecule has 2 spiro atoms. The van der Waals surface area contributed by atoms with E-state index in [0.29, 0.717) is 22.9 Å². The Hall–Kier alpha value is -1.79. The summed E-state index contributed by atoms with van der Waals surface area (Å²) in [6.45, 7) is 17.4. The van der Waals surface area contributed by atoms with Gasteiger partial charge in [-0.25, -0.2) is 0 Å². The zero-order chi connectivity index (χ0) is 46.4. The summed E-state index contributed by atoms with van der Waals surface area (Å²) in [5, 5.41) is 14.1. The Bertz CT molecular complexity index is 2230. The van der Waals surface area contributed by atoms with Gasteiger partial charge < -0.3 is 18.7 Å². The average molecular weight is 1020 g/mol. The number of aliphatic hydroxyl groups is 1. The van der Waals surface area contributed by atoms with Gasteiger partial charge in [0.2, 0.25) is 5.79 Å². The lowest BCUT2D eigenvalue weighted by molar-refractivity contribution is -0.339. The minimum atomic E-state index is -2.09. The lowest BCUT2D eigenvalue weighted by atomic mass is 9.77. The fourth-order valence-corrected chi connectivity index (χ4v) is 14.2. The molecule has 5 aliphatic rings. The van der Waals surface area contributed by atoms with Crippen LogP contribution in [0.4, 0.5) is 0 Å². The molecule has 1 aliphatic heterocycles. The van der Waals surface area contributed by atoms with Gasteiger partial charge in [0.05, 0.1) is 12.2 Å². The SMILES string of the molecule is CC[C@H]1OC(O)(c2ccc(Cl)c(Cc3ccc(C4CCC5(CC4)CC5)cc3)c2)[C@H](O[Si](C)(C)C)[C@@H](O[Si](C)(C)C)[C@@H]1C.Clc1ccc(Br)cc1Cc1ccc(C2CCC3(CC2)CC3)cc1. The fraction of sp³-hybridized carbons (Fsp3) is 0.571. The Morgan fingerprint density at radius 3 is 1.51 bits per heavy atom. The predicted molar refractivity (Wildman–Crippen MR) is 280 cm³/mol. The topological polar surface area (TPSA) is 47.9 Å². The molecule has 5 fully saturated rings. The van der Waals surface area contributed by atoms with E-state index in [1.54, 1.807) is 0 Å². The van der Waals surface area contributed by atoms with E-state index in [2.05, 4.69) is 124 Å². The number of hydrogen-bond acceptors (Lipinski definition) is 4. The molecule has 0 amide bonds. The highest BCUT2D eigenvalue weighted by Crippen LogP contribution is 2.59. The maximum absolute atomic E-state index is 12.5. The first-order valence-corrected chi connectivity index (χ1v) is 33.3. The second-order valence-corrected chi connectivity index (χ2v) is 33.5. The molecule has 4 aromatic rings. The first kappa shape index (κ1) is 49.6. The Kier molecular flexibility index (Phi) is 15.2. The third kappa shape index (κ3) is 12.3. The van der Waals surface area contributed by atoms with Gasteiger partial charge in [0.15, 0.2) is 16.6 Å². The Morgan fingerprint density at radius 2 is 1.08 bits per heavy atom. The molecule has 4 aliphatic carbocycles. The molecule has 4 nitrogen and oxygen atoms in total. The van der Waals surface area contributed by atoms with Gasteiger partial charge >= 0.3 is 0 Å². The molecule has 1 saturated heterocycles. The standard InChI is InChI=1S/C35H53ClO4Si2.C21H22BrCl/c1-9-31-24(2)32(39-41(3,4)5)33(40-42(6,7)8)35(37,38-31)29-14-15-30(36)28(23-29)22-25-10-12-26(13-11-25)27-16-18-34(19-17-27)20-21-34;22-19-5-6-20(23)18(14-19)13-15-1-3-16(4-2-15)17-7-9-21(10-8-17)11-12-21/h10-15,23-24,27,31-33,37H,9,16-22H2,1-8H3;1-6,14,17H,7-13H2/t24-,31-,32+,33-,35?;/m1./s1. The molecule has 1 unspecified atom stereocenters. The monoisotopic (exact) mass is 1020 g/mol. The normalized spacial score (nSPS) is 27.3. The molecular formula is C56H75BrCl2O4Si2. The van der Waals surface area contributed by atoms with Crippen molar-refractivity contribution in [2.24, 2.45) is 16.7 Å². The average Bonchev–Trinajstić information content (AvgIpc) is 4.21. The van der Waals surface area contributed by atoms with Gasteiger partial charge in [-0.2, -0.15) is 0 Å². The molecule has 0 radical (unpaired) electrons. The second kappa shape index (κ2) is 19.9. The molecule has 9 heteroatoms. The van der Waals surface area contributed by atoms with E-state index in [1.807, 2.05) is 30.3 Å². The number of ether oxygens (including phenoxy) is 1. The second-order valence-electron chi connectivity index (χ2n) is 22.9. The van der Waals surface area contributed by atoms with E-state index in [9.17, 15) is 5.11 Å². The largest absolute Gasteiger partial charge is 0.412 e. The van der Waals surface area contributed by atoms with Crippen LogP contribution in [0.3, 0.4) is 0 Å². The van der Waals surface area contributed by atoms with Crippen LogP contribution >= 0.6 is 39.1 Å². The molecule has 0 aromatic heterocycles. The van der Waals surface area contributed by atoms with E-state index >= 15 is 0 Å². The predicted octanol–water partition coefficient (Wildman–Crippen LogP) is 16.5. The van der Waals surface area contributed by atoms with Crippen LogP contribution in [0.2, 0.25) is 49.3 Å². The maximum atomic E-state index is 12.5. The van der Waals surface area contributed by atoms with Crippen LogP contribution in [-0.2, 0) is 32.2 Å². The number of halogens is 3. The Morgan fingerprint density at radius 1 is 0.631 bits per heavy atom. The van der Waals surface area contributed by atoms with Crippen LogP contribution in [0.15, 0.2) is 89.4 Å². The third-order valence-corrected chi connectivity index (χ3v) is 18.8. The van der Waals surface area contributed by atoms with Crippen molar-refractivity contribution in [2.45, 2.75) is 185 Å². The summed E-state index contributed by atoms with van der Waals surface area (Å²) in [6, 6.07) is 30.3. The highest BCUT2D eigenvalue weighted by atomic mass is 79.9. The molecule has 352 valence electrons. The van der Waals surface area contributed by atoms with Gasteiger partial charge in [-0.3, -0.25) is 0 Å². The quantitative estimate of drug-likeness (QED) is 0.144. The van der Waals surface area contributed by atoms with Crippen molar-refractivity contribution in [3.05, 3.63) is 138 Å². The summed E-state index contributed by atoms with van der Waals surface area (Å²) in [5.41, 5.74) is 9.92. The van der Waals surface area contributed by atoms with Crippen LogP contribution in [0.25, 0.3) is 0 Å². The van der Waals surface area contributed by atoms with Gasteiger partial charge in [-0.05, 0) is 222 Å². The molecular weight excluding hydrogens is 944 g/mol.